The predicted octanol–water partition coefficient (Wildman–Crippen LogP) is 4.89. The van der Waals surface area contributed by atoms with Gasteiger partial charge in [0.15, 0.2) is 0 Å². The second kappa shape index (κ2) is 8.19. The third kappa shape index (κ3) is 5.30. The summed E-state index contributed by atoms with van der Waals surface area (Å²) < 4.78 is 0. The molecule has 0 spiro atoms. The maximum absolute atomic E-state index is 5.74. The van der Waals surface area contributed by atoms with E-state index in [1.807, 2.05) is 0 Å². The summed E-state index contributed by atoms with van der Waals surface area (Å²) in [6.45, 7) is 0.897. The molecule has 0 aliphatic heterocycles. The van der Waals surface area contributed by atoms with Crippen LogP contribution in [0.3, 0.4) is 0 Å². The third-order valence-corrected chi connectivity index (χ3v) is 5.27. The molecule has 2 saturated carbocycles. The minimum atomic E-state index is 0.897. The number of hydrogen-bond acceptors (Lipinski definition) is 1. The van der Waals surface area contributed by atoms with Gasteiger partial charge in [-0.25, -0.2) is 0 Å². The number of nitrogens with two attached hydrogens (primary N) is 1. The van der Waals surface area contributed by atoms with Crippen molar-refractivity contribution in [2.45, 2.75) is 83.5 Å². The molecule has 2 rings (SSSR count). The first kappa shape index (κ1) is 14.4. The van der Waals surface area contributed by atoms with Crippen molar-refractivity contribution in [2.24, 2.45) is 23.5 Å². The average Bonchev–Trinajstić information content (AvgIpc) is 3.11. The Morgan fingerprint density at radius 1 is 0.667 bits per heavy atom. The molecule has 2 aliphatic rings. The van der Waals surface area contributed by atoms with Gasteiger partial charge in [-0.05, 0) is 37.1 Å². The van der Waals surface area contributed by atoms with Gasteiger partial charge in [-0.15, -0.1) is 0 Å². The molecule has 0 heterocycles. The smallest absolute Gasteiger partial charge is 0.00746 e. The van der Waals surface area contributed by atoms with E-state index in [9.17, 15) is 0 Å². The van der Waals surface area contributed by atoms with Crippen LogP contribution < -0.4 is 5.73 Å². The van der Waals surface area contributed by atoms with E-state index in [-0.39, 0.29) is 0 Å². The molecule has 0 radical (unpaired) electrons. The zero-order chi connectivity index (χ0) is 12.6. The molecule has 2 fully saturated rings. The van der Waals surface area contributed by atoms with Crippen molar-refractivity contribution in [1.29, 1.82) is 0 Å². The Labute approximate surface area is 114 Å². The van der Waals surface area contributed by atoms with Crippen LogP contribution in [0.25, 0.3) is 0 Å². The third-order valence-electron chi connectivity index (χ3n) is 5.27. The first-order chi connectivity index (χ1) is 8.90. The molecule has 0 aromatic rings. The molecular formula is C17H33N. The van der Waals surface area contributed by atoms with E-state index < -0.39 is 0 Å². The fraction of sp³-hybridized carbons (Fsp3) is 1.00. The van der Waals surface area contributed by atoms with Gasteiger partial charge in [0.25, 0.3) is 0 Å². The minimum absolute atomic E-state index is 0.897. The fourth-order valence-electron chi connectivity index (χ4n) is 3.90. The normalized spacial score (nSPS) is 35.5. The molecule has 0 amide bonds. The Kier molecular flexibility index (Phi) is 6.54. The lowest BCUT2D eigenvalue weighted by Gasteiger charge is -2.16. The molecule has 106 valence electrons. The van der Waals surface area contributed by atoms with E-state index in [1.165, 1.54) is 77.0 Å². The van der Waals surface area contributed by atoms with E-state index in [1.54, 1.807) is 6.42 Å². The molecule has 1 heteroatoms. The van der Waals surface area contributed by atoms with E-state index in [0.29, 0.717) is 0 Å². The van der Waals surface area contributed by atoms with E-state index >= 15 is 0 Å². The minimum Gasteiger partial charge on any atom is -0.330 e. The quantitative estimate of drug-likeness (QED) is 0.743. The van der Waals surface area contributed by atoms with Gasteiger partial charge in [0.2, 0.25) is 0 Å². The summed E-state index contributed by atoms with van der Waals surface area (Å²) >= 11 is 0. The van der Waals surface area contributed by atoms with E-state index in [4.69, 9.17) is 5.73 Å². The molecule has 2 aliphatic carbocycles. The van der Waals surface area contributed by atoms with Crippen LogP contribution in [0.2, 0.25) is 0 Å². The van der Waals surface area contributed by atoms with E-state index in [0.717, 1.165) is 24.3 Å². The van der Waals surface area contributed by atoms with Gasteiger partial charge < -0.3 is 5.73 Å². The Hall–Kier alpha value is -0.0400. The zero-order valence-electron chi connectivity index (χ0n) is 12.2. The van der Waals surface area contributed by atoms with Crippen LogP contribution in [0, 0.1) is 17.8 Å². The highest BCUT2D eigenvalue weighted by atomic mass is 14.5. The van der Waals surface area contributed by atoms with Crippen molar-refractivity contribution in [2.75, 3.05) is 6.54 Å². The second-order valence-electron chi connectivity index (χ2n) is 6.83. The average molecular weight is 251 g/mol. The highest BCUT2D eigenvalue weighted by Crippen LogP contribution is 2.45. The molecule has 18 heavy (non-hydrogen) atoms. The van der Waals surface area contributed by atoms with Crippen molar-refractivity contribution in [1.82, 2.24) is 0 Å². The number of rotatable bonds is 2. The second-order valence-corrected chi connectivity index (χ2v) is 6.83. The Bertz CT molecular complexity index is 214. The summed E-state index contributed by atoms with van der Waals surface area (Å²) in [4.78, 5) is 0. The zero-order valence-corrected chi connectivity index (χ0v) is 12.2. The van der Waals surface area contributed by atoms with Crippen LogP contribution >= 0.6 is 0 Å². The van der Waals surface area contributed by atoms with Gasteiger partial charge in [-0.3, -0.25) is 0 Å². The van der Waals surface area contributed by atoms with Crippen molar-refractivity contribution in [3.05, 3.63) is 0 Å². The van der Waals surface area contributed by atoms with Crippen molar-refractivity contribution < 1.29 is 0 Å². The van der Waals surface area contributed by atoms with E-state index in [2.05, 4.69) is 0 Å². The van der Waals surface area contributed by atoms with Crippen LogP contribution in [0.5, 0.6) is 0 Å². The summed E-state index contributed by atoms with van der Waals surface area (Å²) in [5.41, 5.74) is 5.74. The van der Waals surface area contributed by atoms with Crippen LogP contribution in [0.1, 0.15) is 83.5 Å². The summed E-state index contributed by atoms with van der Waals surface area (Å²) in [6, 6.07) is 0. The van der Waals surface area contributed by atoms with Crippen molar-refractivity contribution in [3.63, 3.8) is 0 Å². The largest absolute Gasteiger partial charge is 0.330 e. The lowest BCUT2D eigenvalue weighted by molar-refractivity contribution is 0.379. The van der Waals surface area contributed by atoms with Crippen LogP contribution in [-0.4, -0.2) is 6.54 Å². The maximum Gasteiger partial charge on any atom is -0.00746 e. The molecule has 3 atom stereocenters. The Morgan fingerprint density at radius 3 is 1.72 bits per heavy atom. The molecule has 0 saturated heterocycles. The van der Waals surface area contributed by atoms with Crippen LogP contribution in [-0.2, 0) is 0 Å². The summed E-state index contributed by atoms with van der Waals surface area (Å²) in [5.74, 6) is 3.21. The maximum atomic E-state index is 5.74. The van der Waals surface area contributed by atoms with Gasteiger partial charge >= 0.3 is 0 Å². The highest BCUT2D eigenvalue weighted by molar-refractivity contribution is 4.85. The van der Waals surface area contributed by atoms with Crippen molar-refractivity contribution in [3.8, 4) is 0 Å². The van der Waals surface area contributed by atoms with Crippen molar-refractivity contribution >= 4 is 0 Å². The topological polar surface area (TPSA) is 26.0 Å². The Balaban J connectivity index is 1.68. The number of hydrogen-bond donors (Lipinski definition) is 1. The summed E-state index contributed by atoms with van der Waals surface area (Å²) in [6.07, 6.45) is 19.2. The highest BCUT2D eigenvalue weighted by Gasteiger charge is 2.35. The van der Waals surface area contributed by atoms with Gasteiger partial charge in [0.1, 0.15) is 0 Å². The molecule has 3 unspecified atom stereocenters. The summed E-state index contributed by atoms with van der Waals surface area (Å²) in [5, 5.41) is 0. The van der Waals surface area contributed by atoms with Crippen LogP contribution in [0.15, 0.2) is 0 Å². The number of fused-ring (bicyclic) bond motifs is 1. The SMILES string of the molecule is NCCC1CCCCCCC2CC2CCCCC1. The summed E-state index contributed by atoms with van der Waals surface area (Å²) in [7, 11) is 0. The molecule has 0 aromatic carbocycles. The van der Waals surface area contributed by atoms with Crippen LogP contribution in [0.4, 0.5) is 0 Å². The van der Waals surface area contributed by atoms with Gasteiger partial charge in [-0.2, -0.15) is 0 Å². The lowest BCUT2D eigenvalue weighted by atomic mass is 9.91. The predicted molar refractivity (Wildman–Crippen MR) is 79.5 cm³/mol. The fourth-order valence-corrected chi connectivity index (χ4v) is 3.90. The molecule has 0 aromatic heterocycles. The first-order valence-electron chi connectivity index (χ1n) is 8.60. The standard InChI is InChI=1S/C17H33N/c18-13-12-15-8-4-1-2-6-10-16-14-17(16)11-7-3-5-9-15/h15-17H,1-14,18H2. The molecule has 2 N–H and O–H groups in total. The van der Waals surface area contributed by atoms with Gasteiger partial charge in [0.05, 0.1) is 0 Å². The molecule has 1 nitrogen and oxygen atoms in total. The monoisotopic (exact) mass is 251 g/mol. The van der Waals surface area contributed by atoms with Gasteiger partial charge in [0, 0.05) is 0 Å². The Morgan fingerprint density at radius 2 is 1.17 bits per heavy atom. The lowest BCUT2D eigenvalue weighted by Crippen LogP contribution is -2.09. The van der Waals surface area contributed by atoms with Gasteiger partial charge in [-0.1, -0.05) is 70.6 Å². The first-order valence-corrected chi connectivity index (χ1v) is 8.60. The molecule has 0 bridgehead atoms. The molecular weight excluding hydrogens is 218 g/mol.